The highest BCUT2D eigenvalue weighted by Gasteiger charge is 2.34. The minimum Gasteiger partial charge on any atom is -0.368 e. The number of nitrogens with one attached hydrogen (secondary N) is 1. The Labute approximate surface area is 176 Å². The van der Waals surface area contributed by atoms with Gasteiger partial charge in [-0.15, -0.1) is 0 Å². The number of rotatable bonds is 2. The molecule has 2 amide bonds. The molecule has 0 atom stereocenters. The van der Waals surface area contributed by atoms with Gasteiger partial charge in [-0.2, -0.15) is 0 Å². The fraction of sp³-hybridized carbons (Fsp3) is 0.182. The van der Waals surface area contributed by atoms with Crippen LogP contribution in [0.3, 0.4) is 0 Å². The van der Waals surface area contributed by atoms with E-state index in [-0.39, 0.29) is 11.8 Å². The number of anilines is 2. The lowest BCUT2D eigenvalue weighted by atomic mass is 9.92. The predicted octanol–water partition coefficient (Wildman–Crippen LogP) is 3.65. The van der Waals surface area contributed by atoms with Crippen molar-refractivity contribution in [3.05, 3.63) is 69.3 Å². The van der Waals surface area contributed by atoms with Crippen LogP contribution in [0.5, 0.6) is 0 Å². The molecule has 1 fully saturated rings. The zero-order valence-electron chi connectivity index (χ0n) is 15.1. The lowest BCUT2D eigenvalue weighted by Gasteiger charge is -2.32. The molecule has 0 unspecified atom stereocenters. The van der Waals surface area contributed by atoms with E-state index in [1.807, 2.05) is 54.6 Å². The van der Waals surface area contributed by atoms with Crippen molar-refractivity contribution in [1.82, 2.24) is 5.32 Å². The van der Waals surface area contributed by atoms with Gasteiger partial charge in [-0.1, -0.05) is 12.1 Å². The number of piperazine rings is 1. The van der Waals surface area contributed by atoms with Crippen LogP contribution in [0.1, 0.15) is 20.7 Å². The van der Waals surface area contributed by atoms with Crippen LogP contribution in [0, 0.1) is 3.57 Å². The van der Waals surface area contributed by atoms with Gasteiger partial charge >= 0.3 is 0 Å². The summed E-state index contributed by atoms with van der Waals surface area (Å²) in [5, 5.41) is 5.11. The number of hydrogen-bond donors (Lipinski definition) is 1. The standard InChI is InChI=1S/C22H18IN3O2/c23-14-4-6-15(7-5-14)26-21(27)17-3-1-2-16-19(25-12-10-24-11-13-25)9-8-18(20(16)17)22(26)28/h1-9,24H,10-13H2. The highest BCUT2D eigenvalue weighted by molar-refractivity contribution is 14.1. The maximum absolute atomic E-state index is 13.3. The van der Waals surface area contributed by atoms with Crippen LogP contribution in [0.15, 0.2) is 54.6 Å². The summed E-state index contributed by atoms with van der Waals surface area (Å²) in [6.45, 7) is 3.69. The van der Waals surface area contributed by atoms with Crippen LogP contribution >= 0.6 is 22.6 Å². The predicted molar refractivity (Wildman–Crippen MR) is 119 cm³/mol. The van der Waals surface area contributed by atoms with Crippen LogP contribution in [0.4, 0.5) is 11.4 Å². The molecule has 3 aromatic carbocycles. The smallest absolute Gasteiger partial charge is 0.265 e. The first-order valence-electron chi connectivity index (χ1n) is 9.31. The van der Waals surface area contributed by atoms with Gasteiger partial charge in [-0.25, -0.2) is 4.90 Å². The van der Waals surface area contributed by atoms with Gasteiger partial charge in [0.15, 0.2) is 0 Å². The fourth-order valence-corrected chi connectivity index (χ4v) is 4.45. The van der Waals surface area contributed by atoms with Crippen LogP contribution < -0.4 is 15.1 Å². The molecule has 0 bridgehead atoms. The molecule has 1 saturated heterocycles. The van der Waals surface area contributed by atoms with Crippen molar-refractivity contribution >= 4 is 56.6 Å². The number of nitrogens with zero attached hydrogens (tertiary/aromatic N) is 2. The first-order valence-corrected chi connectivity index (χ1v) is 10.4. The number of benzene rings is 3. The second-order valence-corrected chi connectivity index (χ2v) is 8.27. The summed E-state index contributed by atoms with van der Waals surface area (Å²) in [6, 6.07) is 17.1. The van der Waals surface area contributed by atoms with Gasteiger partial charge in [0.1, 0.15) is 0 Å². The summed E-state index contributed by atoms with van der Waals surface area (Å²) < 4.78 is 1.06. The minimum absolute atomic E-state index is 0.262. The molecular formula is C22H18IN3O2. The molecule has 0 spiro atoms. The number of amides is 2. The third kappa shape index (κ3) is 2.70. The Morgan fingerprint density at radius 3 is 2.21 bits per heavy atom. The zero-order valence-corrected chi connectivity index (χ0v) is 17.3. The van der Waals surface area contributed by atoms with Crippen molar-refractivity contribution in [2.75, 3.05) is 36.0 Å². The van der Waals surface area contributed by atoms with Crippen LogP contribution in [0.25, 0.3) is 10.8 Å². The minimum atomic E-state index is -0.262. The molecule has 5 nitrogen and oxygen atoms in total. The highest BCUT2D eigenvalue weighted by atomic mass is 127. The number of carbonyl (C=O) groups is 2. The Kier molecular flexibility index (Phi) is 4.32. The summed E-state index contributed by atoms with van der Waals surface area (Å²) in [7, 11) is 0. The molecule has 1 N–H and O–H groups in total. The monoisotopic (exact) mass is 483 g/mol. The molecular weight excluding hydrogens is 465 g/mol. The van der Waals surface area contributed by atoms with E-state index in [2.05, 4.69) is 32.8 Å². The van der Waals surface area contributed by atoms with Crippen molar-refractivity contribution in [2.45, 2.75) is 0 Å². The second kappa shape index (κ2) is 6.86. The van der Waals surface area contributed by atoms with Crippen molar-refractivity contribution in [2.24, 2.45) is 0 Å². The molecule has 2 heterocycles. The Hall–Kier alpha value is -2.45. The quantitative estimate of drug-likeness (QED) is 0.447. The third-order valence-corrected chi connectivity index (χ3v) is 6.15. The molecule has 2 aliphatic rings. The SMILES string of the molecule is O=C1c2cccc3c(N4CCNCC4)ccc(c23)C(=O)N1c1ccc(I)cc1. The number of hydrogen-bond acceptors (Lipinski definition) is 4. The largest absolute Gasteiger partial charge is 0.368 e. The zero-order chi connectivity index (χ0) is 19.3. The van der Waals surface area contributed by atoms with Gasteiger partial charge in [0.25, 0.3) is 11.8 Å². The molecule has 0 aromatic heterocycles. The summed E-state index contributed by atoms with van der Waals surface area (Å²) in [5.74, 6) is -0.525. The van der Waals surface area contributed by atoms with Crippen molar-refractivity contribution in [3.63, 3.8) is 0 Å². The lowest BCUT2D eigenvalue weighted by Crippen LogP contribution is -2.44. The molecule has 6 heteroatoms. The molecule has 2 aliphatic heterocycles. The summed E-state index contributed by atoms with van der Waals surface area (Å²) in [4.78, 5) is 30.1. The highest BCUT2D eigenvalue weighted by Crippen LogP contribution is 2.37. The second-order valence-electron chi connectivity index (χ2n) is 7.02. The average molecular weight is 483 g/mol. The maximum Gasteiger partial charge on any atom is 0.265 e. The summed E-state index contributed by atoms with van der Waals surface area (Å²) in [5.41, 5.74) is 2.86. The first kappa shape index (κ1) is 17.6. The fourth-order valence-electron chi connectivity index (χ4n) is 4.09. The van der Waals surface area contributed by atoms with E-state index in [9.17, 15) is 9.59 Å². The van der Waals surface area contributed by atoms with E-state index in [0.29, 0.717) is 16.8 Å². The van der Waals surface area contributed by atoms with E-state index in [0.717, 1.165) is 46.2 Å². The average Bonchev–Trinajstić information content (AvgIpc) is 2.73. The molecule has 140 valence electrons. The van der Waals surface area contributed by atoms with Crippen LogP contribution in [-0.2, 0) is 0 Å². The molecule has 0 saturated carbocycles. The maximum atomic E-state index is 13.3. The number of imide groups is 1. The van der Waals surface area contributed by atoms with Gasteiger partial charge in [-0.3, -0.25) is 9.59 Å². The summed E-state index contributed by atoms with van der Waals surface area (Å²) >= 11 is 2.21. The van der Waals surface area contributed by atoms with Crippen molar-refractivity contribution in [3.8, 4) is 0 Å². The van der Waals surface area contributed by atoms with Gasteiger partial charge in [0, 0.05) is 57.3 Å². The molecule has 28 heavy (non-hydrogen) atoms. The molecule has 0 radical (unpaired) electrons. The topological polar surface area (TPSA) is 52.7 Å². The molecule has 5 rings (SSSR count). The van der Waals surface area contributed by atoms with Crippen molar-refractivity contribution < 1.29 is 9.59 Å². The Bertz CT molecular complexity index is 1080. The number of carbonyl (C=O) groups excluding carboxylic acids is 2. The summed E-state index contributed by atoms with van der Waals surface area (Å²) in [6.07, 6.45) is 0. The number of halogens is 1. The molecule has 0 aliphatic carbocycles. The van der Waals surface area contributed by atoms with Crippen molar-refractivity contribution in [1.29, 1.82) is 0 Å². The third-order valence-electron chi connectivity index (χ3n) is 5.43. The van der Waals surface area contributed by atoms with Gasteiger partial charge < -0.3 is 10.2 Å². The first-order chi connectivity index (χ1) is 13.6. The van der Waals surface area contributed by atoms with Crippen LogP contribution in [-0.4, -0.2) is 38.0 Å². The Morgan fingerprint density at radius 2 is 1.50 bits per heavy atom. The van der Waals surface area contributed by atoms with E-state index >= 15 is 0 Å². The lowest BCUT2D eigenvalue weighted by molar-refractivity contribution is 0.0893. The van der Waals surface area contributed by atoms with E-state index in [4.69, 9.17) is 0 Å². The van der Waals surface area contributed by atoms with E-state index in [1.54, 1.807) is 0 Å². The van der Waals surface area contributed by atoms with E-state index in [1.165, 1.54) is 4.90 Å². The van der Waals surface area contributed by atoms with Gasteiger partial charge in [0.2, 0.25) is 0 Å². The normalized spacial score (nSPS) is 16.8. The Morgan fingerprint density at radius 1 is 0.821 bits per heavy atom. The van der Waals surface area contributed by atoms with E-state index < -0.39 is 0 Å². The molecule has 3 aromatic rings. The Balaban J connectivity index is 1.68. The van der Waals surface area contributed by atoms with Gasteiger partial charge in [0.05, 0.1) is 5.69 Å². The van der Waals surface area contributed by atoms with Crippen LogP contribution in [0.2, 0.25) is 0 Å². The van der Waals surface area contributed by atoms with Gasteiger partial charge in [-0.05, 0) is 65.1 Å².